The van der Waals surface area contributed by atoms with E-state index in [2.05, 4.69) is 49.3 Å². The number of nitrogens with zero attached hydrogens (tertiary/aromatic N) is 3. The Morgan fingerprint density at radius 2 is 2.12 bits per heavy atom. The number of aromatic amines is 1. The van der Waals surface area contributed by atoms with Crippen molar-refractivity contribution >= 4 is 28.4 Å². The maximum atomic E-state index is 11.5. The molecule has 1 aliphatic rings. The van der Waals surface area contributed by atoms with E-state index in [4.69, 9.17) is 0 Å². The molecule has 1 fully saturated rings. The molecular weight excluding hydrogens is 331 g/mol. The molecule has 0 radical (unpaired) electrons. The Morgan fingerprint density at radius 1 is 1.41 bits per heavy atom. The molecular formula is C11H17IN4O. The number of anilines is 1. The van der Waals surface area contributed by atoms with Crippen molar-refractivity contribution in [1.29, 1.82) is 0 Å². The van der Waals surface area contributed by atoms with E-state index < -0.39 is 0 Å². The topological polar surface area (TPSA) is 52.2 Å². The van der Waals surface area contributed by atoms with Crippen molar-refractivity contribution in [3.63, 3.8) is 0 Å². The summed E-state index contributed by atoms with van der Waals surface area (Å²) in [6, 6.07) is 0. The standard InChI is InChI=1S/C11H17IN4O/c1-2-3-15-4-6-16(7-5-15)10-9(12)11(17)14-8-13-10/h8H,2-7H2,1H3,(H,13,14,17). The van der Waals surface area contributed by atoms with E-state index in [0.717, 1.165) is 38.5 Å². The maximum absolute atomic E-state index is 11.5. The van der Waals surface area contributed by atoms with Gasteiger partial charge in [0.15, 0.2) is 0 Å². The molecule has 1 aromatic heterocycles. The molecule has 6 heteroatoms. The first-order chi connectivity index (χ1) is 8.22. The third-order valence-electron chi connectivity index (χ3n) is 2.99. The first-order valence-corrected chi connectivity index (χ1v) is 7.00. The summed E-state index contributed by atoms with van der Waals surface area (Å²) in [5.74, 6) is 0.825. The van der Waals surface area contributed by atoms with Crippen molar-refractivity contribution in [3.05, 3.63) is 20.3 Å². The summed E-state index contributed by atoms with van der Waals surface area (Å²) in [6.45, 7) is 7.37. The Hall–Kier alpha value is -0.630. The van der Waals surface area contributed by atoms with Crippen molar-refractivity contribution in [1.82, 2.24) is 14.9 Å². The summed E-state index contributed by atoms with van der Waals surface area (Å²) >= 11 is 2.07. The molecule has 2 rings (SSSR count). The lowest BCUT2D eigenvalue weighted by molar-refractivity contribution is 0.258. The fraction of sp³-hybridized carbons (Fsp3) is 0.636. The van der Waals surface area contributed by atoms with Gasteiger partial charge < -0.3 is 9.88 Å². The fourth-order valence-corrected chi connectivity index (χ4v) is 2.73. The Bertz CT molecular complexity index is 426. The van der Waals surface area contributed by atoms with Crippen LogP contribution in [0.1, 0.15) is 13.3 Å². The second-order valence-electron chi connectivity index (χ2n) is 4.20. The Labute approximate surface area is 114 Å². The van der Waals surface area contributed by atoms with Crippen molar-refractivity contribution in [2.24, 2.45) is 0 Å². The van der Waals surface area contributed by atoms with Gasteiger partial charge >= 0.3 is 0 Å². The molecule has 1 aliphatic heterocycles. The van der Waals surface area contributed by atoms with Gasteiger partial charge in [-0.25, -0.2) is 4.98 Å². The van der Waals surface area contributed by atoms with Gasteiger partial charge in [-0.2, -0.15) is 0 Å². The maximum Gasteiger partial charge on any atom is 0.266 e. The van der Waals surface area contributed by atoms with Gasteiger partial charge in [-0.1, -0.05) is 6.92 Å². The van der Waals surface area contributed by atoms with Crippen LogP contribution in [0, 0.1) is 3.57 Å². The number of hydrogen-bond acceptors (Lipinski definition) is 4. The Balaban J connectivity index is 2.05. The van der Waals surface area contributed by atoms with Crippen molar-refractivity contribution in [3.8, 4) is 0 Å². The predicted octanol–water partition coefficient (Wildman–Crippen LogP) is 0.907. The number of piperazine rings is 1. The van der Waals surface area contributed by atoms with Gasteiger partial charge in [0.25, 0.3) is 5.56 Å². The summed E-state index contributed by atoms with van der Waals surface area (Å²) in [4.78, 5) is 23.0. The van der Waals surface area contributed by atoms with E-state index in [1.807, 2.05) is 0 Å². The first-order valence-electron chi connectivity index (χ1n) is 5.93. The number of hydrogen-bond donors (Lipinski definition) is 1. The van der Waals surface area contributed by atoms with Gasteiger partial charge in [0.2, 0.25) is 0 Å². The number of nitrogens with one attached hydrogen (secondary N) is 1. The average Bonchev–Trinajstić information content (AvgIpc) is 2.34. The van der Waals surface area contributed by atoms with E-state index in [1.165, 1.54) is 12.7 Å². The Morgan fingerprint density at radius 3 is 2.76 bits per heavy atom. The smallest absolute Gasteiger partial charge is 0.266 e. The van der Waals surface area contributed by atoms with Crippen LogP contribution in [0.4, 0.5) is 5.82 Å². The number of H-pyrrole nitrogens is 1. The summed E-state index contributed by atoms with van der Waals surface area (Å²) in [5.41, 5.74) is -0.0495. The zero-order valence-corrected chi connectivity index (χ0v) is 12.1. The minimum Gasteiger partial charge on any atom is -0.353 e. The molecule has 0 bridgehead atoms. The zero-order chi connectivity index (χ0) is 12.3. The van der Waals surface area contributed by atoms with Crippen LogP contribution in [0.25, 0.3) is 0 Å². The van der Waals surface area contributed by atoms with E-state index in [1.54, 1.807) is 0 Å². The normalized spacial score (nSPS) is 17.4. The van der Waals surface area contributed by atoms with E-state index >= 15 is 0 Å². The highest BCUT2D eigenvalue weighted by molar-refractivity contribution is 14.1. The number of rotatable bonds is 3. The SMILES string of the molecule is CCCN1CCN(c2nc[nH]c(=O)c2I)CC1. The minimum atomic E-state index is -0.0495. The molecule has 0 amide bonds. The second kappa shape index (κ2) is 5.81. The lowest BCUT2D eigenvalue weighted by Crippen LogP contribution is -2.47. The van der Waals surface area contributed by atoms with Crippen molar-refractivity contribution < 1.29 is 0 Å². The lowest BCUT2D eigenvalue weighted by Gasteiger charge is -2.35. The van der Waals surface area contributed by atoms with Crippen LogP contribution in [-0.4, -0.2) is 47.6 Å². The highest BCUT2D eigenvalue weighted by Gasteiger charge is 2.19. The van der Waals surface area contributed by atoms with Gasteiger partial charge in [-0.3, -0.25) is 9.69 Å². The van der Waals surface area contributed by atoms with E-state index in [9.17, 15) is 4.79 Å². The summed E-state index contributed by atoms with van der Waals surface area (Å²) in [6.07, 6.45) is 2.68. The number of aromatic nitrogens is 2. The molecule has 1 N–H and O–H groups in total. The number of halogens is 1. The summed E-state index contributed by atoms with van der Waals surface area (Å²) in [5, 5.41) is 0. The van der Waals surface area contributed by atoms with Crippen LogP contribution in [-0.2, 0) is 0 Å². The minimum absolute atomic E-state index is 0.0495. The van der Waals surface area contributed by atoms with Gasteiger partial charge in [-0.05, 0) is 35.6 Å². The molecule has 0 aromatic carbocycles. The van der Waals surface area contributed by atoms with Crippen LogP contribution >= 0.6 is 22.6 Å². The Kier molecular flexibility index (Phi) is 4.38. The average molecular weight is 348 g/mol. The van der Waals surface area contributed by atoms with E-state index in [-0.39, 0.29) is 5.56 Å². The van der Waals surface area contributed by atoms with Crippen LogP contribution < -0.4 is 10.5 Å². The second-order valence-corrected chi connectivity index (χ2v) is 5.28. The molecule has 1 saturated heterocycles. The predicted molar refractivity (Wildman–Crippen MR) is 76.5 cm³/mol. The van der Waals surface area contributed by atoms with Crippen LogP contribution in [0.2, 0.25) is 0 Å². The highest BCUT2D eigenvalue weighted by atomic mass is 127. The lowest BCUT2D eigenvalue weighted by atomic mass is 10.3. The molecule has 1 aromatic rings. The third kappa shape index (κ3) is 2.98. The first kappa shape index (κ1) is 12.8. The highest BCUT2D eigenvalue weighted by Crippen LogP contribution is 2.17. The van der Waals surface area contributed by atoms with Crippen molar-refractivity contribution in [2.45, 2.75) is 13.3 Å². The van der Waals surface area contributed by atoms with Crippen LogP contribution in [0.5, 0.6) is 0 Å². The van der Waals surface area contributed by atoms with Gasteiger partial charge in [0.05, 0.1) is 6.33 Å². The molecule has 5 nitrogen and oxygen atoms in total. The molecule has 94 valence electrons. The molecule has 0 spiro atoms. The van der Waals surface area contributed by atoms with Crippen LogP contribution in [0.15, 0.2) is 11.1 Å². The van der Waals surface area contributed by atoms with Gasteiger partial charge in [0.1, 0.15) is 9.39 Å². The molecule has 0 atom stereocenters. The molecule has 0 aliphatic carbocycles. The largest absolute Gasteiger partial charge is 0.353 e. The fourth-order valence-electron chi connectivity index (χ4n) is 2.09. The zero-order valence-electron chi connectivity index (χ0n) is 9.95. The molecule has 0 unspecified atom stereocenters. The van der Waals surface area contributed by atoms with Crippen LogP contribution in [0.3, 0.4) is 0 Å². The van der Waals surface area contributed by atoms with Gasteiger partial charge in [0, 0.05) is 26.2 Å². The third-order valence-corrected chi connectivity index (χ3v) is 3.96. The van der Waals surface area contributed by atoms with E-state index in [0.29, 0.717) is 3.57 Å². The monoisotopic (exact) mass is 348 g/mol. The van der Waals surface area contributed by atoms with Crippen molar-refractivity contribution in [2.75, 3.05) is 37.6 Å². The summed E-state index contributed by atoms with van der Waals surface area (Å²) in [7, 11) is 0. The molecule has 2 heterocycles. The van der Waals surface area contributed by atoms with Gasteiger partial charge in [-0.15, -0.1) is 0 Å². The molecule has 17 heavy (non-hydrogen) atoms. The quantitative estimate of drug-likeness (QED) is 0.825. The summed E-state index contributed by atoms with van der Waals surface area (Å²) < 4.78 is 0.689. The molecule has 0 saturated carbocycles.